The SMILES string of the molecule is Cc1ccsc1CNc1ccc(C(F)(F)F)c(C(N)=S)c1. The zero-order valence-corrected chi connectivity index (χ0v) is 12.8. The van der Waals surface area contributed by atoms with Gasteiger partial charge in [0, 0.05) is 22.7 Å². The zero-order valence-electron chi connectivity index (χ0n) is 11.1. The Morgan fingerprint density at radius 1 is 1.33 bits per heavy atom. The average Bonchev–Trinajstić information content (AvgIpc) is 2.80. The van der Waals surface area contributed by atoms with Crippen molar-refractivity contribution in [3.05, 3.63) is 51.2 Å². The van der Waals surface area contributed by atoms with Gasteiger partial charge in [0.1, 0.15) is 4.99 Å². The molecule has 0 aliphatic heterocycles. The van der Waals surface area contributed by atoms with Crippen LogP contribution in [0.15, 0.2) is 29.6 Å². The molecule has 7 heteroatoms. The quantitative estimate of drug-likeness (QED) is 0.820. The van der Waals surface area contributed by atoms with Crippen molar-refractivity contribution in [3.8, 4) is 0 Å². The van der Waals surface area contributed by atoms with E-state index in [-0.39, 0.29) is 10.6 Å². The van der Waals surface area contributed by atoms with Crippen LogP contribution in [0.3, 0.4) is 0 Å². The molecule has 0 fully saturated rings. The molecule has 1 aromatic carbocycles. The smallest absolute Gasteiger partial charge is 0.389 e. The van der Waals surface area contributed by atoms with Gasteiger partial charge in [-0.05, 0) is 42.1 Å². The first kappa shape index (κ1) is 15.8. The monoisotopic (exact) mass is 330 g/mol. The minimum atomic E-state index is -4.47. The number of nitrogens with one attached hydrogen (secondary N) is 1. The van der Waals surface area contributed by atoms with E-state index in [4.69, 9.17) is 18.0 Å². The van der Waals surface area contributed by atoms with Crippen molar-refractivity contribution in [2.45, 2.75) is 19.6 Å². The van der Waals surface area contributed by atoms with Crippen molar-refractivity contribution in [3.63, 3.8) is 0 Å². The van der Waals surface area contributed by atoms with Crippen molar-refractivity contribution in [1.82, 2.24) is 0 Å². The van der Waals surface area contributed by atoms with Gasteiger partial charge in [-0.3, -0.25) is 0 Å². The van der Waals surface area contributed by atoms with Gasteiger partial charge in [-0.25, -0.2) is 0 Å². The van der Waals surface area contributed by atoms with Crippen molar-refractivity contribution < 1.29 is 13.2 Å². The van der Waals surface area contributed by atoms with Crippen molar-refractivity contribution >= 4 is 34.2 Å². The molecule has 1 aromatic heterocycles. The topological polar surface area (TPSA) is 38.0 Å². The molecule has 2 nitrogen and oxygen atoms in total. The van der Waals surface area contributed by atoms with Crippen LogP contribution in [-0.4, -0.2) is 4.99 Å². The summed E-state index contributed by atoms with van der Waals surface area (Å²) in [5, 5.41) is 5.06. The predicted octanol–water partition coefficient (Wildman–Crippen LogP) is 4.32. The third-order valence-corrected chi connectivity index (χ3v) is 4.25. The summed E-state index contributed by atoms with van der Waals surface area (Å²) < 4.78 is 38.6. The summed E-state index contributed by atoms with van der Waals surface area (Å²) in [5.41, 5.74) is 6.13. The molecule has 0 bridgehead atoms. The van der Waals surface area contributed by atoms with Crippen LogP contribution in [0.2, 0.25) is 0 Å². The van der Waals surface area contributed by atoms with E-state index in [1.165, 1.54) is 12.1 Å². The van der Waals surface area contributed by atoms with E-state index < -0.39 is 11.7 Å². The Labute approximate surface area is 129 Å². The summed E-state index contributed by atoms with van der Waals surface area (Å²) in [4.78, 5) is 0.866. The van der Waals surface area contributed by atoms with Gasteiger partial charge in [-0.1, -0.05) is 12.2 Å². The Balaban J connectivity index is 2.24. The highest BCUT2D eigenvalue weighted by atomic mass is 32.1. The van der Waals surface area contributed by atoms with Gasteiger partial charge in [-0.15, -0.1) is 11.3 Å². The Kier molecular flexibility index (Phi) is 4.53. The van der Waals surface area contributed by atoms with Crippen molar-refractivity contribution in [2.75, 3.05) is 5.32 Å². The molecule has 0 saturated carbocycles. The highest BCUT2D eigenvalue weighted by molar-refractivity contribution is 7.80. The fraction of sp³-hybridized carbons (Fsp3) is 0.214. The van der Waals surface area contributed by atoms with Crippen molar-refractivity contribution in [1.29, 1.82) is 0 Å². The summed E-state index contributed by atoms with van der Waals surface area (Å²) in [6.45, 7) is 2.53. The second-order valence-electron chi connectivity index (χ2n) is 4.50. The number of anilines is 1. The first-order valence-electron chi connectivity index (χ1n) is 6.07. The number of thiophene rings is 1. The van der Waals surface area contributed by atoms with Crippen LogP contribution in [0.4, 0.5) is 18.9 Å². The molecule has 0 aliphatic carbocycles. The second kappa shape index (κ2) is 6.03. The molecule has 0 aliphatic rings. The number of benzene rings is 1. The lowest BCUT2D eigenvalue weighted by Gasteiger charge is -2.14. The standard InChI is InChI=1S/C14H13F3N2S2/c1-8-4-5-21-12(8)7-19-9-2-3-11(14(15,16)17)10(6-9)13(18)20/h2-6,19H,7H2,1H3,(H2,18,20). The molecule has 2 rings (SSSR count). The molecule has 112 valence electrons. The Bertz CT molecular complexity index is 662. The van der Waals surface area contributed by atoms with Gasteiger partial charge in [0.05, 0.1) is 5.56 Å². The van der Waals surface area contributed by atoms with Gasteiger partial charge >= 0.3 is 6.18 Å². The molecule has 0 amide bonds. The van der Waals surface area contributed by atoms with Gasteiger partial charge in [0.2, 0.25) is 0 Å². The molecular weight excluding hydrogens is 317 g/mol. The summed E-state index contributed by atoms with van der Waals surface area (Å²) in [7, 11) is 0. The predicted molar refractivity (Wildman–Crippen MR) is 83.7 cm³/mol. The molecule has 0 atom stereocenters. The van der Waals surface area contributed by atoms with E-state index in [0.29, 0.717) is 12.2 Å². The number of alkyl halides is 3. The third-order valence-electron chi connectivity index (χ3n) is 3.01. The van der Waals surface area contributed by atoms with E-state index in [2.05, 4.69) is 5.32 Å². The first-order valence-corrected chi connectivity index (χ1v) is 7.35. The molecule has 0 saturated heterocycles. The number of hydrogen-bond acceptors (Lipinski definition) is 3. The number of aryl methyl sites for hydroxylation is 1. The third kappa shape index (κ3) is 3.74. The first-order chi connectivity index (χ1) is 9.79. The van der Waals surface area contributed by atoms with Gasteiger partial charge < -0.3 is 11.1 Å². The van der Waals surface area contributed by atoms with Crippen LogP contribution in [-0.2, 0) is 12.7 Å². The number of halogens is 3. The Morgan fingerprint density at radius 3 is 2.57 bits per heavy atom. The molecule has 1 heterocycles. The van der Waals surface area contributed by atoms with E-state index in [0.717, 1.165) is 16.5 Å². The van der Waals surface area contributed by atoms with Crippen LogP contribution in [0.1, 0.15) is 21.6 Å². The van der Waals surface area contributed by atoms with Crippen LogP contribution in [0.5, 0.6) is 0 Å². The Morgan fingerprint density at radius 2 is 2.05 bits per heavy atom. The molecule has 2 aromatic rings. The summed E-state index contributed by atoms with van der Waals surface area (Å²) in [6, 6.07) is 5.72. The van der Waals surface area contributed by atoms with Crippen LogP contribution >= 0.6 is 23.6 Å². The lowest BCUT2D eigenvalue weighted by molar-refractivity contribution is -0.137. The van der Waals surface area contributed by atoms with E-state index in [9.17, 15) is 13.2 Å². The molecular formula is C14H13F3N2S2. The molecule has 0 spiro atoms. The van der Waals surface area contributed by atoms with Crippen LogP contribution in [0, 0.1) is 6.92 Å². The zero-order chi connectivity index (χ0) is 15.6. The largest absolute Gasteiger partial charge is 0.417 e. The van der Waals surface area contributed by atoms with Crippen LogP contribution in [0.25, 0.3) is 0 Å². The summed E-state index contributed by atoms with van der Waals surface area (Å²) in [5.74, 6) is 0. The highest BCUT2D eigenvalue weighted by Crippen LogP contribution is 2.33. The molecule has 3 N–H and O–H groups in total. The Hall–Kier alpha value is -1.60. The van der Waals surface area contributed by atoms with Gasteiger partial charge in [-0.2, -0.15) is 13.2 Å². The average molecular weight is 330 g/mol. The minimum Gasteiger partial charge on any atom is -0.389 e. The normalized spacial score (nSPS) is 11.4. The number of rotatable bonds is 4. The van der Waals surface area contributed by atoms with E-state index in [1.807, 2.05) is 18.4 Å². The molecule has 21 heavy (non-hydrogen) atoms. The van der Waals surface area contributed by atoms with E-state index in [1.54, 1.807) is 11.3 Å². The minimum absolute atomic E-state index is 0.162. The fourth-order valence-electron chi connectivity index (χ4n) is 1.87. The fourth-order valence-corrected chi connectivity index (χ4v) is 2.89. The van der Waals surface area contributed by atoms with Crippen LogP contribution < -0.4 is 11.1 Å². The van der Waals surface area contributed by atoms with Crippen molar-refractivity contribution in [2.24, 2.45) is 5.73 Å². The maximum atomic E-state index is 12.9. The summed E-state index contributed by atoms with van der Waals surface area (Å²) in [6.07, 6.45) is -4.47. The van der Waals surface area contributed by atoms with E-state index >= 15 is 0 Å². The number of nitrogens with two attached hydrogens (primary N) is 1. The highest BCUT2D eigenvalue weighted by Gasteiger charge is 2.34. The number of thiocarbonyl (C=S) groups is 1. The molecule has 0 unspecified atom stereocenters. The second-order valence-corrected chi connectivity index (χ2v) is 5.94. The summed E-state index contributed by atoms with van der Waals surface area (Å²) >= 11 is 6.31. The van der Waals surface area contributed by atoms with Gasteiger partial charge in [0.15, 0.2) is 0 Å². The lowest BCUT2D eigenvalue weighted by atomic mass is 10.1. The number of hydrogen-bond donors (Lipinski definition) is 2. The maximum Gasteiger partial charge on any atom is 0.417 e. The lowest BCUT2D eigenvalue weighted by Crippen LogP contribution is -2.18. The maximum absolute atomic E-state index is 12.9. The van der Waals surface area contributed by atoms with Gasteiger partial charge in [0.25, 0.3) is 0 Å². The molecule has 0 radical (unpaired) electrons.